The second kappa shape index (κ2) is 14.7. The minimum atomic E-state index is -1.48. The number of methoxy groups -OCH3 is 2. The molecule has 198 valence electrons. The van der Waals surface area contributed by atoms with Gasteiger partial charge in [0.2, 0.25) is 0 Å². The molecular weight excluding hydrogens is 488 g/mol. The molecule has 13 heteroatoms. The van der Waals surface area contributed by atoms with Crippen molar-refractivity contribution in [3.63, 3.8) is 0 Å². The van der Waals surface area contributed by atoms with E-state index in [9.17, 15) is 10.1 Å². The number of hydrogen-bond donors (Lipinski definition) is 0. The van der Waals surface area contributed by atoms with Gasteiger partial charge in [0.05, 0.1) is 69.2 Å². The van der Waals surface area contributed by atoms with Gasteiger partial charge in [-0.3, -0.25) is 10.1 Å². The largest absolute Gasteiger partial charge is 0.493 e. The van der Waals surface area contributed by atoms with Crippen molar-refractivity contribution in [1.29, 1.82) is 5.26 Å². The zero-order valence-electron chi connectivity index (χ0n) is 21.7. The van der Waals surface area contributed by atoms with Crippen molar-refractivity contribution in [2.24, 2.45) is 0 Å². The van der Waals surface area contributed by atoms with Gasteiger partial charge in [-0.2, -0.15) is 5.26 Å². The predicted octanol–water partition coefficient (Wildman–Crippen LogP) is 4.07. The van der Waals surface area contributed by atoms with Crippen LogP contribution < -0.4 is 9.47 Å². The number of ether oxygens (including phenoxy) is 4. The Hall–Kier alpha value is -2.00. The molecule has 36 heavy (non-hydrogen) atoms. The van der Waals surface area contributed by atoms with Crippen LogP contribution in [-0.4, -0.2) is 75.2 Å². The van der Waals surface area contributed by atoms with Crippen LogP contribution in [0.2, 0.25) is 0 Å². The van der Waals surface area contributed by atoms with Crippen LogP contribution in [-0.2, 0) is 25.1 Å². The van der Waals surface area contributed by atoms with Crippen LogP contribution in [0.3, 0.4) is 0 Å². The highest BCUT2D eigenvalue weighted by molar-refractivity contribution is 7.44. The molecule has 0 aliphatic carbocycles. The van der Waals surface area contributed by atoms with E-state index in [1.165, 1.54) is 26.4 Å². The van der Waals surface area contributed by atoms with E-state index >= 15 is 0 Å². The molecule has 2 radical (unpaired) electrons. The highest BCUT2D eigenvalue weighted by atomic mass is 31.2. The van der Waals surface area contributed by atoms with E-state index in [1.807, 2.05) is 0 Å². The van der Waals surface area contributed by atoms with Gasteiger partial charge in [0, 0.05) is 18.1 Å². The van der Waals surface area contributed by atoms with Gasteiger partial charge < -0.3 is 28.0 Å². The molecule has 0 saturated carbocycles. The van der Waals surface area contributed by atoms with E-state index < -0.39 is 31.7 Å². The molecule has 0 bridgehead atoms. The number of rotatable bonds is 15. The SMILES string of the molecule is [B]C1CC(OP(OCCC#N)N(C(C)C)C(C)C)C(COCc2cc(OC)c(OC)cc2[N+](=O)[O-])O1. The molecule has 1 saturated heterocycles. The van der Waals surface area contributed by atoms with Crippen molar-refractivity contribution >= 4 is 22.1 Å². The monoisotopic (exact) mass is 523 g/mol. The highest BCUT2D eigenvalue weighted by Crippen LogP contribution is 2.49. The Bertz CT molecular complexity index is 893. The topological polar surface area (TPSA) is 126 Å². The second-order valence-corrected chi connectivity index (χ2v) is 10.2. The van der Waals surface area contributed by atoms with Crippen molar-refractivity contribution < 1.29 is 32.9 Å². The van der Waals surface area contributed by atoms with Gasteiger partial charge in [-0.25, -0.2) is 4.67 Å². The molecule has 0 N–H and O–H groups in total. The molecule has 1 aliphatic rings. The number of nitro benzene ring substituents is 1. The molecule has 0 amide bonds. The normalized spacial score (nSPS) is 20.6. The maximum atomic E-state index is 11.6. The van der Waals surface area contributed by atoms with Crippen LogP contribution in [0.15, 0.2) is 12.1 Å². The molecule has 1 aliphatic heterocycles. The number of nitrogens with zero attached hydrogens (tertiary/aromatic N) is 3. The van der Waals surface area contributed by atoms with Gasteiger partial charge in [0.1, 0.15) is 14.0 Å². The van der Waals surface area contributed by atoms with Crippen molar-refractivity contribution in [3.8, 4) is 17.6 Å². The third kappa shape index (κ3) is 8.27. The van der Waals surface area contributed by atoms with Crippen molar-refractivity contribution in [2.45, 2.75) is 77.4 Å². The smallest absolute Gasteiger partial charge is 0.278 e. The Morgan fingerprint density at radius 3 is 2.44 bits per heavy atom. The van der Waals surface area contributed by atoms with Gasteiger partial charge in [0.15, 0.2) is 11.5 Å². The first-order valence-corrected chi connectivity index (χ1v) is 12.9. The van der Waals surface area contributed by atoms with Crippen LogP contribution in [0, 0.1) is 21.4 Å². The summed E-state index contributed by atoms with van der Waals surface area (Å²) in [4.78, 5) is 11.1. The van der Waals surface area contributed by atoms with Crippen LogP contribution in [0.5, 0.6) is 11.5 Å². The Balaban J connectivity index is 2.12. The molecule has 1 fully saturated rings. The fraction of sp³-hybridized carbons (Fsp3) is 0.696. The Kier molecular flexibility index (Phi) is 12.3. The molecule has 4 unspecified atom stereocenters. The van der Waals surface area contributed by atoms with Crippen molar-refractivity contribution in [2.75, 3.05) is 27.4 Å². The average Bonchev–Trinajstić information content (AvgIpc) is 3.16. The summed E-state index contributed by atoms with van der Waals surface area (Å²) in [5.41, 5.74) is 0.203. The van der Waals surface area contributed by atoms with Crippen LogP contribution in [0.1, 0.15) is 46.1 Å². The number of benzene rings is 1. The summed E-state index contributed by atoms with van der Waals surface area (Å²) in [6, 6.07) is 4.67. The summed E-state index contributed by atoms with van der Waals surface area (Å²) >= 11 is 0. The summed E-state index contributed by atoms with van der Waals surface area (Å²) in [5, 5.41) is 20.5. The predicted molar refractivity (Wildman–Crippen MR) is 135 cm³/mol. The zero-order valence-corrected chi connectivity index (χ0v) is 22.6. The minimum Gasteiger partial charge on any atom is -0.493 e. The Morgan fingerprint density at radius 1 is 1.25 bits per heavy atom. The standard InChI is InChI=1S/C23H35BN3O8P/c1-15(2)26(16(3)4)36(33-9-7-8-25)35-21-12-23(24)34-22(21)14-32-13-17-10-19(30-5)20(31-6)11-18(17)27(28)29/h10-11,15-16,21-23H,7,9,12-14H2,1-6H3. The van der Waals surface area contributed by atoms with Gasteiger partial charge in [-0.1, -0.05) is 0 Å². The molecule has 0 aromatic heterocycles. The first kappa shape index (κ1) is 30.2. The lowest BCUT2D eigenvalue weighted by atomic mass is 9.96. The second-order valence-electron chi connectivity index (χ2n) is 8.75. The average molecular weight is 523 g/mol. The fourth-order valence-corrected chi connectivity index (χ4v) is 5.66. The fourth-order valence-electron chi connectivity index (χ4n) is 3.90. The maximum absolute atomic E-state index is 11.6. The maximum Gasteiger partial charge on any atom is 0.278 e. The summed E-state index contributed by atoms with van der Waals surface area (Å²) in [6.45, 7) is 8.53. The lowest BCUT2D eigenvalue weighted by Crippen LogP contribution is -2.36. The third-order valence-electron chi connectivity index (χ3n) is 5.44. The van der Waals surface area contributed by atoms with E-state index in [1.54, 1.807) is 0 Å². The molecule has 2 rings (SSSR count). The van der Waals surface area contributed by atoms with Gasteiger partial charge in [0.25, 0.3) is 14.2 Å². The van der Waals surface area contributed by atoms with E-state index in [2.05, 4.69) is 38.4 Å². The Labute approximate surface area is 215 Å². The van der Waals surface area contributed by atoms with Crippen molar-refractivity contribution in [1.82, 2.24) is 4.67 Å². The Morgan fingerprint density at radius 2 is 1.89 bits per heavy atom. The first-order chi connectivity index (χ1) is 17.1. The quantitative estimate of drug-likeness (QED) is 0.109. The molecule has 0 spiro atoms. The third-order valence-corrected chi connectivity index (χ3v) is 7.59. The molecular formula is C23H35BN3O8P. The molecule has 1 aromatic rings. The first-order valence-electron chi connectivity index (χ1n) is 11.8. The van der Waals surface area contributed by atoms with E-state index in [-0.39, 0.29) is 49.8 Å². The van der Waals surface area contributed by atoms with E-state index in [0.29, 0.717) is 17.7 Å². The van der Waals surface area contributed by atoms with E-state index in [4.69, 9.17) is 41.1 Å². The van der Waals surface area contributed by atoms with Gasteiger partial charge >= 0.3 is 0 Å². The van der Waals surface area contributed by atoms with Gasteiger partial charge in [-0.05, 0) is 40.2 Å². The number of nitriles is 1. The minimum absolute atomic E-state index is 0.0456. The van der Waals surface area contributed by atoms with E-state index in [0.717, 1.165) is 0 Å². The summed E-state index contributed by atoms with van der Waals surface area (Å²) in [5.74, 6) is 0.626. The number of nitro groups is 1. The zero-order chi connectivity index (χ0) is 26.8. The molecule has 4 atom stereocenters. The highest BCUT2D eigenvalue weighted by Gasteiger charge is 2.39. The van der Waals surface area contributed by atoms with Crippen LogP contribution >= 0.6 is 8.53 Å². The van der Waals surface area contributed by atoms with Crippen LogP contribution in [0.4, 0.5) is 5.69 Å². The molecule has 11 nitrogen and oxygen atoms in total. The van der Waals surface area contributed by atoms with Crippen molar-refractivity contribution in [3.05, 3.63) is 27.8 Å². The summed E-state index contributed by atoms with van der Waals surface area (Å²) in [6.07, 6.45) is -0.211. The lowest BCUT2D eigenvalue weighted by molar-refractivity contribution is -0.386. The molecule has 1 heterocycles. The van der Waals surface area contributed by atoms with Crippen LogP contribution in [0.25, 0.3) is 0 Å². The summed E-state index contributed by atoms with van der Waals surface area (Å²) in [7, 11) is 7.44. The molecule has 1 aromatic carbocycles. The summed E-state index contributed by atoms with van der Waals surface area (Å²) < 4.78 is 36.6. The van der Waals surface area contributed by atoms with Gasteiger partial charge in [-0.15, -0.1) is 0 Å². The lowest BCUT2D eigenvalue weighted by Gasteiger charge is -2.37. The number of hydrogen-bond acceptors (Lipinski definition) is 10.